The van der Waals surface area contributed by atoms with Crippen molar-refractivity contribution in [3.63, 3.8) is 0 Å². The lowest BCUT2D eigenvalue weighted by Gasteiger charge is -2.59. The minimum Gasteiger partial charge on any atom is -0.496 e. The van der Waals surface area contributed by atoms with Gasteiger partial charge in [0.15, 0.2) is 5.70 Å². The zero-order valence-electron chi connectivity index (χ0n) is 40.9. The maximum absolute atomic E-state index is 14.0. The van der Waals surface area contributed by atoms with E-state index in [1.807, 2.05) is 12.1 Å². The fourth-order valence-electron chi connectivity index (χ4n) is 11.1. The summed E-state index contributed by atoms with van der Waals surface area (Å²) in [5.74, 6) is 2.88. The molecule has 3 heterocycles. The van der Waals surface area contributed by atoms with Crippen molar-refractivity contribution < 1.29 is 32.2 Å². The number of aromatic nitrogens is 2. The smallest absolute Gasteiger partial charge is 0.496 e. The van der Waals surface area contributed by atoms with Crippen LogP contribution in [0.3, 0.4) is 0 Å². The molecular formula is C55H72BF2N6O4+. The Balaban J connectivity index is 0.885. The molecule has 2 amide bonds. The molecule has 2 aromatic heterocycles. The van der Waals surface area contributed by atoms with Crippen molar-refractivity contribution in [2.45, 2.75) is 116 Å². The standard InChI is InChI=1S/C55H71BF2N6O4/c1-54(2,44(19-12-8-14-28-59)37-17-10-7-11-18-37)39-32-49(67-5)53(50(33-39)68-6)43-31-38(45-35-46(43)55(45,3)4)36-62-51(65)21-13-9-15-29-61-52(66)27-24-40-22-23-41(63-40)34-42-25-26-48(64(42)56(57)58)47-20-16-30-60-47/h7,10-11,16-18,20,22-23,25-26,30-34,43-46H,8-9,12-15,19,21,24,27-29,35-36,59H2,1-6H3,(H3,60,61,62,63,65,66)/p+1/t43?,44?,45?,46-/m0/s1. The molecular weight excluding hydrogens is 857 g/mol. The van der Waals surface area contributed by atoms with Gasteiger partial charge in [0.2, 0.25) is 17.5 Å². The molecule has 4 aromatic rings. The minimum atomic E-state index is -2.70. The molecule has 1 fully saturated rings. The van der Waals surface area contributed by atoms with Crippen LogP contribution in [-0.2, 0) is 21.4 Å². The molecule has 0 saturated heterocycles. The summed E-state index contributed by atoms with van der Waals surface area (Å²) >= 11 is 0. The van der Waals surface area contributed by atoms with Crippen LogP contribution in [0.15, 0.2) is 102 Å². The highest BCUT2D eigenvalue weighted by Gasteiger charge is 2.56. The quantitative estimate of drug-likeness (QED) is 0.0256. The summed E-state index contributed by atoms with van der Waals surface area (Å²) in [7, 11) is 0.823. The van der Waals surface area contributed by atoms with Crippen LogP contribution in [0.1, 0.15) is 138 Å². The fourth-order valence-corrected chi connectivity index (χ4v) is 11.1. The van der Waals surface area contributed by atoms with Gasteiger partial charge in [0.25, 0.3) is 0 Å². The number of ether oxygens (including phenoxy) is 2. The average molecular weight is 930 g/mol. The first-order chi connectivity index (χ1) is 32.8. The predicted molar refractivity (Wildman–Crippen MR) is 269 cm³/mol. The van der Waals surface area contributed by atoms with Gasteiger partial charge in [-0.2, -0.15) is 0 Å². The molecule has 362 valence electrons. The van der Waals surface area contributed by atoms with Crippen molar-refractivity contribution in [2.75, 3.05) is 33.9 Å². The van der Waals surface area contributed by atoms with Crippen LogP contribution < -0.4 is 25.8 Å². The Morgan fingerprint density at radius 3 is 2.34 bits per heavy atom. The molecule has 6 N–H and O–H groups in total. The zero-order chi connectivity index (χ0) is 48.4. The minimum absolute atomic E-state index is 0.0365. The van der Waals surface area contributed by atoms with Gasteiger partial charge in [0.1, 0.15) is 17.2 Å². The Morgan fingerprint density at radius 1 is 0.926 bits per heavy atom. The third-order valence-electron chi connectivity index (χ3n) is 15.1. The first-order valence-electron chi connectivity index (χ1n) is 24.7. The number of unbranched alkanes of at least 4 members (excludes halogenated alkanes) is 4. The van der Waals surface area contributed by atoms with E-state index in [-0.39, 0.29) is 28.6 Å². The normalized spacial score (nSPS) is 19.4. The van der Waals surface area contributed by atoms with Gasteiger partial charge in [-0.15, -0.1) is 0 Å². The molecule has 1 saturated carbocycles. The van der Waals surface area contributed by atoms with Crippen molar-refractivity contribution in [1.29, 1.82) is 0 Å². The number of fused-ring (bicyclic) bond motifs is 1. The van der Waals surface area contributed by atoms with E-state index >= 15 is 0 Å². The monoisotopic (exact) mass is 930 g/mol. The average Bonchev–Trinajstić information content (AvgIpc) is 4.13. The molecule has 10 nitrogen and oxygen atoms in total. The maximum Gasteiger partial charge on any atom is 0.935 e. The van der Waals surface area contributed by atoms with Gasteiger partial charge in [-0.1, -0.05) is 88.9 Å². The molecule has 3 unspecified atom stereocenters. The molecule has 8 rings (SSSR count). The molecule has 13 heteroatoms. The number of nitrogens with two attached hydrogens (primary N) is 1. The number of H-pyrrole nitrogens is 2. The van der Waals surface area contributed by atoms with E-state index in [9.17, 15) is 18.2 Å². The highest BCUT2D eigenvalue weighted by molar-refractivity contribution is 6.36. The third kappa shape index (κ3) is 11.4. The number of carbonyl (C=O) groups is 2. The second-order valence-electron chi connectivity index (χ2n) is 20.0. The fraction of sp³-hybridized carbons (Fsp3) is 0.473. The SMILES string of the molecule is COc1cc(C(C)(C)C(CCCCCN)c2ccccc2)cc(OC)c1C1C=C(CNC(=O)CCCCCNC(=O)CCc2ccc(/C=C3/C=CC(c4ccc[nH]4)=[N+]3B(F)F)[nH]2)C2C[C@@H]1C2(C)C. The maximum atomic E-state index is 14.0. The van der Waals surface area contributed by atoms with Crippen molar-refractivity contribution in [2.24, 2.45) is 23.0 Å². The summed E-state index contributed by atoms with van der Waals surface area (Å²) < 4.78 is 41.5. The molecule has 4 atom stereocenters. The number of rotatable bonds is 25. The van der Waals surface area contributed by atoms with E-state index in [4.69, 9.17) is 15.2 Å². The lowest BCUT2D eigenvalue weighted by atomic mass is 9.45. The first-order valence-corrected chi connectivity index (χ1v) is 24.7. The topological polar surface area (TPSA) is 137 Å². The number of amides is 2. The molecule has 3 aliphatic carbocycles. The van der Waals surface area contributed by atoms with Gasteiger partial charge < -0.3 is 35.8 Å². The first kappa shape index (κ1) is 50.2. The number of aryl methyl sites for hydroxylation is 1. The van der Waals surface area contributed by atoms with E-state index < -0.39 is 7.40 Å². The largest absolute Gasteiger partial charge is 0.935 e. The Morgan fingerprint density at radius 2 is 1.66 bits per heavy atom. The summed E-state index contributed by atoms with van der Waals surface area (Å²) in [4.78, 5) is 32.1. The van der Waals surface area contributed by atoms with Crippen LogP contribution in [0.4, 0.5) is 8.63 Å². The predicted octanol–water partition coefficient (Wildman–Crippen LogP) is 10.4. The van der Waals surface area contributed by atoms with Crippen LogP contribution in [0.25, 0.3) is 6.08 Å². The molecule has 0 spiro atoms. The Hall–Kier alpha value is -5.69. The van der Waals surface area contributed by atoms with Crippen LogP contribution in [0.5, 0.6) is 11.5 Å². The van der Waals surface area contributed by atoms with Gasteiger partial charge in [-0.05, 0) is 121 Å². The number of nitrogens with zero attached hydrogens (tertiary/aromatic N) is 1. The van der Waals surface area contributed by atoms with Crippen molar-refractivity contribution in [1.82, 2.24) is 20.6 Å². The van der Waals surface area contributed by atoms with Crippen LogP contribution >= 0.6 is 0 Å². The second-order valence-corrected chi connectivity index (χ2v) is 20.0. The number of carbonyl (C=O) groups excluding carboxylic acids is 2. The van der Waals surface area contributed by atoms with Crippen LogP contribution in [-0.4, -0.2) is 73.2 Å². The number of benzene rings is 2. The van der Waals surface area contributed by atoms with Gasteiger partial charge in [0, 0.05) is 73.2 Å². The number of allylic oxidation sites excluding steroid dienone is 3. The summed E-state index contributed by atoms with van der Waals surface area (Å²) in [6.07, 6.45) is 18.1. The number of hydrogen-bond acceptors (Lipinski definition) is 5. The highest BCUT2D eigenvalue weighted by atomic mass is 19.2. The van der Waals surface area contributed by atoms with Crippen molar-refractivity contribution in [3.05, 3.63) is 136 Å². The third-order valence-corrected chi connectivity index (χ3v) is 15.1. The Labute approximate surface area is 402 Å². The van der Waals surface area contributed by atoms with E-state index in [1.165, 1.54) is 16.7 Å². The highest BCUT2D eigenvalue weighted by Crippen LogP contribution is 2.65. The molecule has 2 bridgehead atoms. The van der Waals surface area contributed by atoms with Crippen molar-refractivity contribution in [3.8, 4) is 11.5 Å². The molecule has 2 aromatic carbocycles. The zero-order valence-corrected chi connectivity index (χ0v) is 40.9. The number of nitrogens with one attached hydrogen (secondary N) is 4. The lowest BCUT2D eigenvalue weighted by Crippen LogP contribution is -2.52. The van der Waals surface area contributed by atoms with Gasteiger partial charge in [0.05, 0.1) is 14.2 Å². The molecule has 0 radical (unpaired) electrons. The number of methoxy groups -OCH3 is 2. The Bertz CT molecular complexity index is 2450. The van der Waals surface area contributed by atoms with Gasteiger partial charge in [-0.25, -0.2) is 13.1 Å². The molecule has 4 aliphatic rings. The summed E-state index contributed by atoms with van der Waals surface area (Å²) in [6.45, 7) is 11.2. The number of aromatic amines is 2. The van der Waals surface area contributed by atoms with Gasteiger partial charge in [-0.3, -0.25) is 9.59 Å². The lowest BCUT2D eigenvalue weighted by molar-refractivity contribution is -0.340. The summed E-state index contributed by atoms with van der Waals surface area (Å²) in [6, 6.07) is 22.6. The summed E-state index contributed by atoms with van der Waals surface area (Å²) in [5, 5.41) is 6.24. The van der Waals surface area contributed by atoms with Gasteiger partial charge >= 0.3 is 7.40 Å². The van der Waals surface area contributed by atoms with E-state index in [0.717, 1.165) is 85.2 Å². The van der Waals surface area contributed by atoms with E-state index in [0.29, 0.717) is 72.9 Å². The Kier molecular flexibility index (Phi) is 16.7. The molecule has 68 heavy (non-hydrogen) atoms. The van der Waals surface area contributed by atoms with E-state index in [2.05, 4.69) is 96.8 Å². The number of halogens is 2. The second kappa shape index (κ2) is 22.6. The van der Waals surface area contributed by atoms with Crippen molar-refractivity contribution >= 4 is 31.0 Å². The molecule has 1 aliphatic heterocycles. The van der Waals surface area contributed by atoms with Crippen LogP contribution in [0.2, 0.25) is 0 Å². The summed E-state index contributed by atoms with van der Waals surface area (Å²) in [5.41, 5.74) is 13.5. The van der Waals surface area contributed by atoms with Crippen LogP contribution in [0, 0.1) is 17.3 Å². The number of hydrogen-bond donors (Lipinski definition) is 5. The van der Waals surface area contributed by atoms with E-state index in [1.54, 1.807) is 50.8 Å².